The Balaban J connectivity index is 2.12. The average molecular weight is 115 g/mol. The molecule has 0 nitrogen and oxygen atoms in total. The highest BCUT2D eigenvalue weighted by atomic mass is 32.2. The van der Waals surface area contributed by atoms with E-state index in [9.17, 15) is 0 Å². The summed E-state index contributed by atoms with van der Waals surface area (Å²) >= 11 is 2.04. The second-order valence-corrected chi connectivity index (χ2v) is 3.23. The lowest BCUT2D eigenvalue weighted by molar-refractivity contribution is 0.626. The largest absolute Gasteiger partial charge is 0.162 e. The summed E-state index contributed by atoms with van der Waals surface area (Å²) in [7, 11) is 0. The standard InChI is InChI=1S/C6H11S/c1-6-3-2-4-7-5-6/h6H,1-5H2. The highest BCUT2D eigenvalue weighted by Crippen LogP contribution is 2.20. The second-order valence-electron chi connectivity index (χ2n) is 2.08. The summed E-state index contributed by atoms with van der Waals surface area (Å²) in [6.07, 6.45) is 2.74. The number of rotatable bonds is 0. The summed E-state index contributed by atoms with van der Waals surface area (Å²) in [4.78, 5) is 0. The zero-order valence-corrected chi connectivity index (χ0v) is 5.34. The van der Waals surface area contributed by atoms with Crippen molar-refractivity contribution >= 4 is 11.8 Å². The van der Waals surface area contributed by atoms with Crippen molar-refractivity contribution in [1.29, 1.82) is 0 Å². The Kier molecular flexibility index (Phi) is 2.04. The van der Waals surface area contributed by atoms with E-state index in [-0.39, 0.29) is 0 Å². The molecule has 1 unspecified atom stereocenters. The lowest BCUT2D eigenvalue weighted by atomic mass is 10.1. The molecule has 0 aromatic rings. The van der Waals surface area contributed by atoms with E-state index >= 15 is 0 Å². The molecule has 0 aromatic heterocycles. The van der Waals surface area contributed by atoms with Gasteiger partial charge in [0.05, 0.1) is 0 Å². The van der Waals surface area contributed by atoms with Crippen molar-refractivity contribution in [3.05, 3.63) is 6.92 Å². The Morgan fingerprint density at radius 2 is 2.43 bits per heavy atom. The van der Waals surface area contributed by atoms with Gasteiger partial charge in [0.15, 0.2) is 0 Å². The third-order valence-electron chi connectivity index (χ3n) is 1.25. The molecule has 0 aromatic carbocycles. The lowest BCUT2D eigenvalue weighted by Gasteiger charge is -2.15. The summed E-state index contributed by atoms with van der Waals surface area (Å²) in [5.74, 6) is 3.41. The zero-order chi connectivity index (χ0) is 5.11. The lowest BCUT2D eigenvalue weighted by Crippen LogP contribution is -2.05. The number of thioether (sulfide) groups is 1. The maximum atomic E-state index is 3.98. The van der Waals surface area contributed by atoms with Gasteiger partial charge in [-0.05, 0) is 37.2 Å². The van der Waals surface area contributed by atoms with Crippen molar-refractivity contribution < 1.29 is 0 Å². The molecule has 1 radical (unpaired) electrons. The molecular weight excluding hydrogens is 104 g/mol. The molecule has 7 heavy (non-hydrogen) atoms. The van der Waals surface area contributed by atoms with E-state index in [2.05, 4.69) is 6.92 Å². The first kappa shape index (κ1) is 5.49. The van der Waals surface area contributed by atoms with Crippen molar-refractivity contribution in [3.63, 3.8) is 0 Å². The first-order valence-electron chi connectivity index (χ1n) is 2.80. The van der Waals surface area contributed by atoms with Gasteiger partial charge in [0.1, 0.15) is 0 Å². The SMILES string of the molecule is [CH2]C1CCCSC1. The predicted octanol–water partition coefficient (Wildman–Crippen LogP) is 1.96. The van der Waals surface area contributed by atoms with Gasteiger partial charge in [-0.1, -0.05) is 0 Å². The normalized spacial score (nSPS) is 33.0. The van der Waals surface area contributed by atoms with Gasteiger partial charge in [-0.25, -0.2) is 0 Å². The first-order valence-corrected chi connectivity index (χ1v) is 3.96. The first-order chi connectivity index (χ1) is 3.39. The minimum Gasteiger partial charge on any atom is -0.162 e. The van der Waals surface area contributed by atoms with E-state index in [0.717, 1.165) is 5.92 Å². The molecular formula is C6H11S. The van der Waals surface area contributed by atoms with Crippen LogP contribution in [0.1, 0.15) is 12.8 Å². The van der Waals surface area contributed by atoms with Gasteiger partial charge in [0.25, 0.3) is 0 Å². The second kappa shape index (κ2) is 2.61. The van der Waals surface area contributed by atoms with E-state index < -0.39 is 0 Å². The topological polar surface area (TPSA) is 0 Å². The predicted molar refractivity (Wildman–Crippen MR) is 35.4 cm³/mol. The van der Waals surface area contributed by atoms with Gasteiger partial charge in [0, 0.05) is 0 Å². The van der Waals surface area contributed by atoms with E-state index in [4.69, 9.17) is 0 Å². The molecule has 41 valence electrons. The van der Waals surface area contributed by atoms with Gasteiger partial charge < -0.3 is 0 Å². The molecule has 1 fully saturated rings. The van der Waals surface area contributed by atoms with Crippen LogP contribution in [0.15, 0.2) is 0 Å². The molecule has 0 saturated carbocycles. The van der Waals surface area contributed by atoms with Crippen LogP contribution in [0.2, 0.25) is 0 Å². The summed E-state index contributed by atoms with van der Waals surface area (Å²) in [6.45, 7) is 3.98. The molecule has 1 heteroatoms. The highest BCUT2D eigenvalue weighted by molar-refractivity contribution is 7.99. The number of hydrogen-bond donors (Lipinski definition) is 0. The van der Waals surface area contributed by atoms with Crippen LogP contribution in [0.25, 0.3) is 0 Å². The van der Waals surface area contributed by atoms with Crippen LogP contribution >= 0.6 is 11.8 Å². The van der Waals surface area contributed by atoms with Crippen LogP contribution in [-0.4, -0.2) is 11.5 Å². The maximum absolute atomic E-state index is 3.98. The molecule has 0 aliphatic carbocycles. The Morgan fingerprint density at radius 3 is 2.71 bits per heavy atom. The fourth-order valence-corrected chi connectivity index (χ4v) is 1.84. The Hall–Kier alpha value is 0.350. The van der Waals surface area contributed by atoms with E-state index in [0.29, 0.717) is 0 Å². The smallest absolute Gasteiger partial charge is 0.00391 e. The molecule has 1 rings (SSSR count). The van der Waals surface area contributed by atoms with Gasteiger partial charge in [-0.15, -0.1) is 0 Å². The summed E-state index contributed by atoms with van der Waals surface area (Å²) in [5, 5.41) is 0. The molecule has 0 bridgehead atoms. The van der Waals surface area contributed by atoms with E-state index in [1.54, 1.807) is 0 Å². The third kappa shape index (κ3) is 1.72. The summed E-state index contributed by atoms with van der Waals surface area (Å²) < 4.78 is 0. The quantitative estimate of drug-likeness (QED) is 0.465. The number of hydrogen-bond acceptors (Lipinski definition) is 1. The zero-order valence-electron chi connectivity index (χ0n) is 4.52. The van der Waals surface area contributed by atoms with Crippen LogP contribution in [0, 0.1) is 12.8 Å². The van der Waals surface area contributed by atoms with E-state index in [1.165, 1.54) is 24.3 Å². The van der Waals surface area contributed by atoms with Crippen LogP contribution in [0.4, 0.5) is 0 Å². The molecule has 1 heterocycles. The average Bonchev–Trinajstić information content (AvgIpc) is 1.69. The highest BCUT2D eigenvalue weighted by Gasteiger charge is 2.06. The van der Waals surface area contributed by atoms with Gasteiger partial charge in [0.2, 0.25) is 0 Å². The molecule has 1 saturated heterocycles. The van der Waals surface area contributed by atoms with Gasteiger partial charge >= 0.3 is 0 Å². The minimum atomic E-state index is 0.749. The third-order valence-corrected chi connectivity index (χ3v) is 2.54. The van der Waals surface area contributed by atoms with Crippen LogP contribution in [-0.2, 0) is 0 Å². The molecule has 0 N–H and O–H groups in total. The minimum absolute atomic E-state index is 0.749. The van der Waals surface area contributed by atoms with Gasteiger partial charge in [-0.2, -0.15) is 11.8 Å². The molecule has 1 aliphatic heterocycles. The van der Waals surface area contributed by atoms with Gasteiger partial charge in [-0.3, -0.25) is 0 Å². The molecule has 1 aliphatic rings. The van der Waals surface area contributed by atoms with Crippen LogP contribution in [0.3, 0.4) is 0 Å². The summed E-state index contributed by atoms with van der Waals surface area (Å²) in [6, 6.07) is 0. The van der Waals surface area contributed by atoms with Crippen LogP contribution in [0.5, 0.6) is 0 Å². The van der Waals surface area contributed by atoms with Crippen molar-refractivity contribution in [2.24, 2.45) is 5.92 Å². The fraction of sp³-hybridized carbons (Fsp3) is 0.833. The van der Waals surface area contributed by atoms with Crippen molar-refractivity contribution in [3.8, 4) is 0 Å². The molecule has 0 spiro atoms. The van der Waals surface area contributed by atoms with Crippen molar-refractivity contribution in [1.82, 2.24) is 0 Å². The van der Waals surface area contributed by atoms with E-state index in [1.807, 2.05) is 11.8 Å². The summed E-state index contributed by atoms with van der Waals surface area (Å²) in [5.41, 5.74) is 0. The van der Waals surface area contributed by atoms with Crippen LogP contribution < -0.4 is 0 Å². The monoisotopic (exact) mass is 115 g/mol. The van der Waals surface area contributed by atoms with Crippen molar-refractivity contribution in [2.75, 3.05) is 11.5 Å². The molecule has 1 atom stereocenters. The molecule has 0 amide bonds. The Morgan fingerprint density at radius 1 is 1.57 bits per heavy atom. The Labute approximate surface area is 49.7 Å². The maximum Gasteiger partial charge on any atom is -0.00391 e. The van der Waals surface area contributed by atoms with Crippen molar-refractivity contribution in [2.45, 2.75) is 12.8 Å². The Bertz CT molecular complexity index is 46.1. The fourth-order valence-electron chi connectivity index (χ4n) is 0.807.